The fourth-order valence-corrected chi connectivity index (χ4v) is 7.47. The van der Waals surface area contributed by atoms with E-state index in [0.29, 0.717) is 44.2 Å². The minimum atomic E-state index is -0.893. The van der Waals surface area contributed by atoms with Crippen LogP contribution in [0.25, 0.3) is 0 Å². The molecule has 1 amide bonds. The molecule has 5 aliphatic heterocycles. The highest BCUT2D eigenvalue weighted by molar-refractivity contribution is 5.81. The molecule has 0 radical (unpaired) electrons. The summed E-state index contributed by atoms with van der Waals surface area (Å²) in [6, 6.07) is 6.66. The van der Waals surface area contributed by atoms with Gasteiger partial charge in [-0.2, -0.15) is 0 Å². The number of piperazine rings is 1. The van der Waals surface area contributed by atoms with Crippen molar-refractivity contribution in [2.24, 2.45) is 23.7 Å². The third-order valence-electron chi connectivity index (χ3n) is 9.71. The Kier molecular flexibility index (Phi) is 7.10. The second-order valence-electron chi connectivity index (χ2n) is 12.1. The smallest absolute Gasteiger partial charge is 0.308 e. The van der Waals surface area contributed by atoms with Crippen LogP contribution in [0.15, 0.2) is 24.3 Å². The van der Waals surface area contributed by atoms with Gasteiger partial charge in [-0.05, 0) is 50.2 Å². The van der Waals surface area contributed by atoms with Crippen LogP contribution in [0, 0.1) is 29.5 Å². The van der Waals surface area contributed by atoms with E-state index in [9.17, 15) is 14.0 Å². The molecule has 8 atom stereocenters. The second kappa shape index (κ2) is 10.3. The number of amides is 1. The maximum Gasteiger partial charge on any atom is 0.308 e. The Hall–Kier alpha value is -2.27. The standard InChI is InChI=1S/C29H39FN2O7/c1-18-8-9-21-19(2)26(36-27-29(21)20(18)12-13-28(3,37-27)38-39-29)35-25(34)11-10-24(33)32-16-14-31(15-17-32)23-7-5-4-6-22(23)30/h4-7,18-21,26-27H,8-17H2,1-3H3. The van der Waals surface area contributed by atoms with E-state index in [1.165, 1.54) is 6.07 Å². The predicted molar refractivity (Wildman–Crippen MR) is 137 cm³/mol. The van der Waals surface area contributed by atoms with Crippen molar-refractivity contribution in [3.8, 4) is 0 Å². The largest absolute Gasteiger partial charge is 0.435 e. The van der Waals surface area contributed by atoms with Gasteiger partial charge in [0.2, 0.25) is 18.0 Å². The minimum absolute atomic E-state index is 0.0305. The first kappa shape index (κ1) is 26.9. The molecule has 1 spiro atoms. The molecule has 7 rings (SSSR count). The van der Waals surface area contributed by atoms with E-state index in [4.69, 9.17) is 24.0 Å². The van der Waals surface area contributed by atoms with E-state index in [1.54, 1.807) is 23.1 Å². The van der Waals surface area contributed by atoms with Crippen LogP contribution in [0.5, 0.6) is 0 Å². The molecule has 0 N–H and O–H groups in total. The Morgan fingerprint density at radius 2 is 1.79 bits per heavy atom. The van der Waals surface area contributed by atoms with Gasteiger partial charge in [-0.15, -0.1) is 0 Å². The van der Waals surface area contributed by atoms with E-state index in [2.05, 4.69) is 6.92 Å². The number of nitrogens with zero attached hydrogens (tertiary/aromatic N) is 2. The first-order valence-electron chi connectivity index (χ1n) is 14.4. The Morgan fingerprint density at radius 1 is 1.03 bits per heavy atom. The van der Waals surface area contributed by atoms with Gasteiger partial charge in [0.25, 0.3) is 0 Å². The topological polar surface area (TPSA) is 86.8 Å². The molecule has 5 saturated heterocycles. The zero-order chi connectivity index (χ0) is 27.4. The second-order valence-corrected chi connectivity index (χ2v) is 12.1. The summed E-state index contributed by atoms with van der Waals surface area (Å²) >= 11 is 0. The van der Waals surface area contributed by atoms with Crippen molar-refractivity contribution in [3.63, 3.8) is 0 Å². The Balaban J connectivity index is 1.04. The quantitative estimate of drug-likeness (QED) is 0.405. The molecule has 1 aromatic rings. The van der Waals surface area contributed by atoms with Crippen molar-refractivity contribution in [1.82, 2.24) is 4.90 Å². The summed E-state index contributed by atoms with van der Waals surface area (Å²) < 4.78 is 32.6. The molecule has 6 fully saturated rings. The lowest BCUT2D eigenvalue weighted by molar-refractivity contribution is -0.576. The monoisotopic (exact) mass is 546 g/mol. The van der Waals surface area contributed by atoms with Gasteiger partial charge >= 0.3 is 5.97 Å². The van der Waals surface area contributed by atoms with Gasteiger partial charge in [0.1, 0.15) is 5.82 Å². The molecule has 8 unspecified atom stereocenters. The molecular formula is C29H39FN2O7. The average molecular weight is 547 g/mol. The van der Waals surface area contributed by atoms with Crippen molar-refractivity contribution in [2.75, 3.05) is 31.1 Å². The molecule has 39 heavy (non-hydrogen) atoms. The highest BCUT2D eigenvalue weighted by Crippen LogP contribution is 2.60. The number of rotatable bonds is 5. The van der Waals surface area contributed by atoms with Crippen LogP contribution in [-0.2, 0) is 33.6 Å². The van der Waals surface area contributed by atoms with Crippen LogP contribution in [0.3, 0.4) is 0 Å². The molecule has 6 aliphatic rings. The lowest BCUT2D eigenvalue weighted by Crippen LogP contribution is -2.70. The van der Waals surface area contributed by atoms with Crippen LogP contribution in [0.1, 0.15) is 59.3 Å². The summed E-state index contributed by atoms with van der Waals surface area (Å²) in [6.45, 7) is 8.19. The molecule has 214 valence electrons. The summed E-state index contributed by atoms with van der Waals surface area (Å²) in [5.41, 5.74) is -0.163. The molecule has 10 heteroatoms. The molecule has 1 aromatic carbocycles. The number of fused-ring (bicyclic) bond motifs is 2. The van der Waals surface area contributed by atoms with E-state index >= 15 is 0 Å². The summed E-state index contributed by atoms with van der Waals surface area (Å²) in [5, 5.41) is 0. The number of hydrogen-bond acceptors (Lipinski definition) is 8. The lowest BCUT2D eigenvalue weighted by Gasteiger charge is -2.59. The van der Waals surface area contributed by atoms with Gasteiger partial charge in [0.15, 0.2) is 11.9 Å². The summed E-state index contributed by atoms with van der Waals surface area (Å²) in [7, 11) is 0. The van der Waals surface area contributed by atoms with Crippen LogP contribution in [-0.4, -0.2) is 66.9 Å². The molecule has 0 aromatic heterocycles. The third kappa shape index (κ3) is 4.73. The number of benzene rings is 1. The SMILES string of the molecule is CC1CCC2C(C)C(OC(=O)CCC(=O)N3CCN(c4ccccc4F)CC3)OC3OC4(C)CCC1C32OO4. The third-order valence-corrected chi connectivity index (χ3v) is 9.71. The number of ether oxygens (including phenoxy) is 3. The van der Waals surface area contributed by atoms with Crippen LogP contribution >= 0.6 is 0 Å². The molecule has 2 bridgehead atoms. The number of halogens is 1. The van der Waals surface area contributed by atoms with Gasteiger partial charge in [0, 0.05) is 50.9 Å². The number of hydrogen-bond donors (Lipinski definition) is 0. The van der Waals surface area contributed by atoms with Crippen molar-refractivity contribution in [1.29, 1.82) is 0 Å². The van der Waals surface area contributed by atoms with Gasteiger partial charge in [0.05, 0.1) is 12.1 Å². The van der Waals surface area contributed by atoms with Crippen LogP contribution in [0.4, 0.5) is 10.1 Å². The van der Waals surface area contributed by atoms with E-state index < -0.39 is 29.9 Å². The van der Waals surface area contributed by atoms with Crippen molar-refractivity contribution in [3.05, 3.63) is 30.1 Å². The normalized spacial score (nSPS) is 39.6. The van der Waals surface area contributed by atoms with E-state index in [0.717, 1.165) is 19.3 Å². The van der Waals surface area contributed by atoms with Gasteiger partial charge in [-0.3, -0.25) is 9.59 Å². The van der Waals surface area contributed by atoms with Gasteiger partial charge in [-0.25, -0.2) is 14.2 Å². The number of carbonyl (C=O) groups excluding carboxylic acids is 2. The molecule has 1 aliphatic carbocycles. The first-order chi connectivity index (χ1) is 18.7. The minimum Gasteiger partial charge on any atom is -0.435 e. The fourth-order valence-electron chi connectivity index (χ4n) is 7.47. The number of carbonyl (C=O) groups is 2. The molecule has 9 nitrogen and oxygen atoms in total. The zero-order valence-electron chi connectivity index (χ0n) is 23.0. The van der Waals surface area contributed by atoms with E-state index in [1.807, 2.05) is 18.7 Å². The summed E-state index contributed by atoms with van der Waals surface area (Å²) in [4.78, 5) is 41.3. The molecular weight excluding hydrogens is 507 g/mol. The maximum absolute atomic E-state index is 14.1. The number of para-hydroxylation sites is 1. The zero-order valence-corrected chi connectivity index (χ0v) is 23.0. The van der Waals surface area contributed by atoms with Crippen molar-refractivity contribution in [2.45, 2.75) is 83.3 Å². The first-order valence-corrected chi connectivity index (χ1v) is 14.4. The average Bonchev–Trinajstić information content (AvgIpc) is 3.16. The summed E-state index contributed by atoms with van der Waals surface area (Å²) in [6.07, 6.45) is 2.18. The van der Waals surface area contributed by atoms with E-state index in [-0.39, 0.29) is 42.3 Å². The Labute approximate surface area is 228 Å². The van der Waals surface area contributed by atoms with Gasteiger partial charge in [-0.1, -0.05) is 26.0 Å². The Morgan fingerprint density at radius 3 is 2.56 bits per heavy atom. The molecule has 1 saturated carbocycles. The van der Waals surface area contributed by atoms with Gasteiger partial charge < -0.3 is 24.0 Å². The van der Waals surface area contributed by atoms with Crippen molar-refractivity contribution < 1.29 is 38.0 Å². The lowest BCUT2D eigenvalue weighted by atomic mass is 9.58. The number of anilines is 1. The highest BCUT2D eigenvalue weighted by Gasteiger charge is 2.69. The van der Waals surface area contributed by atoms with Crippen LogP contribution < -0.4 is 4.90 Å². The van der Waals surface area contributed by atoms with Crippen LogP contribution in [0.2, 0.25) is 0 Å². The summed E-state index contributed by atoms with van der Waals surface area (Å²) in [5.74, 6) is -1.10. The predicted octanol–water partition coefficient (Wildman–Crippen LogP) is 4.01. The Bertz CT molecular complexity index is 1100. The fraction of sp³-hybridized carbons (Fsp3) is 0.724. The molecule has 5 heterocycles. The van der Waals surface area contributed by atoms with Crippen molar-refractivity contribution >= 4 is 17.6 Å². The number of esters is 1. The highest BCUT2D eigenvalue weighted by atomic mass is 19.1. The maximum atomic E-state index is 14.1.